The maximum atomic E-state index is 5.44. The lowest BCUT2D eigenvalue weighted by Crippen LogP contribution is -2.10. The van der Waals surface area contributed by atoms with Crippen LogP contribution in [0.3, 0.4) is 0 Å². The molecule has 0 fully saturated rings. The molecule has 0 saturated carbocycles. The van der Waals surface area contributed by atoms with Crippen LogP contribution >= 0.6 is 11.3 Å². The van der Waals surface area contributed by atoms with Crippen molar-refractivity contribution in [1.29, 1.82) is 0 Å². The predicted molar refractivity (Wildman–Crippen MR) is 81.7 cm³/mol. The van der Waals surface area contributed by atoms with Gasteiger partial charge >= 0.3 is 0 Å². The van der Waals surface area contributed by atoms with E-state index in [0.29, 0.717) is 13.2 Å². The average molecular weight is 286 g/mol. The van der Waals surface area contributed by atoms with Crippen molar-refractivity contribution in [3.8, 4) is 5.75 Å². The van der Waals surface area contributed by atoms with E-state index in [1.54, 1.807) is 17.7 Å². The Labute approximate surface area is 120 Å². The van der Waals surface area contributed by atoms with E-state index in [1.165, 1.54) is 0 Å². The second kappa shape index (κ2) is 5.85. The number of nitrogens with one attached hydrogen (secondary N) is 1. The summed E-state index contributed by atoms with van der Waals surface area (Å²) in [5.41, 5.74) is 7.31. The van der Waals surface area contributed by atoms with Crippen LogP contribution < -0.4 is 15.8 Å². The molecule has 0 unspecified atom stereocenters. The smallest absolute Gasteiger partial charge is 0.151 e. The highest BCUT2D eigenvalue weighted by Crippen LogP contribution is 2.27. The second-order valence-electron chi connectivity index (χ2n) is 4.14. The van der Waals surface area contributed by atoms with E-state index >= 15 is 0 Å². The molecule has 1 aromatic carbocycles. The first-order chi connectivity index (χ1) is 9.86. The largest absolute Gasteiger partial charge is 0.492 e. The fourth-order valence-corrected chi connectivity index (χ4v) is 2.62. The molecule has 20 heavy (non-hydrogen) atoms. The van der Waals surface area contributed by atoms with Crippen molar-refractivity contribution in [1.82, 2.24) is 9.97 Å². The summed E-state index contributed by atoms with van der Waals surface area (Å²) in [4.78, 5) is 8.51. The summed E-state index contributed by atoms with van der Waals surface area (Å²) in [7, 11) is 0. The Balaban J connectivity index is 1.79. The molecule has 0 aliphatic rings. The molecule has 0 bridgehead atoms. The van der Waals surface area contributed by atoms with Crippen molar-refractivity contribution in [3.63, 3.8) is 0 Å². The molecule has 0 saturated heterocycles. The summed E-state index contributed by atoms with van der Waals surface area (Å²) in [5, 5.41) is 5.30. The molecule has 6 heteroatoms. The normalized spacial score (nSPS) is 10.7. The Kier molecular flexibility index (Phi) is 3.76. The van der Waals surface area contributed by atoms with Gasteiger partial charge in [-0.2, -0.15) is 0 Å². The van der Waals surface area contributed by atoms with Crippen LogP contribution in [0.4, 0.5) is 11.5 Å². The van der Waals surface area contributed by atoms with Gasteiger partial charge in [0.1, 0.15) is 18.7 Å². The number of nitrogens with zero attached hydrogens (tertiary/aromatic N) is 2. The fourth-order valence-electron chi connectivity index (χ4n) is 1.83. The van der Waals surface area contributed by atoms with E-state index < -0.39 is 0 Å². The number of benzene rings is 1. The van der Waals surface area contributed by atoms with Crippen LogP contribution in [0.5, 0.6) is 5.75 Å². The van der Waals surface area contributed by atoms with Crippen molar-refractivity contribution >= 4 is 33.1 Å². The monoisotopic (exact) mass is 286 g/mol. The van der Waals surface area contributed by atoms with Crippen LogP contribution in [0.1, 0.15) is 0 Å². The van der Waals surface area contributed by atoms with Gasteiger partial charge in [-0.3, -0.25) is 0 Å². The van der Waals surface area contributed by atoms with E-state index in [-0.39, 0.29) is 0 Å². The van der Waals surface area contributed by atoms with Crippen LogP contribution in [-0.4, -0.2) is 23.1 Å². The molecular weight excluding hydrogens is 272 g/mol. The van der Waals surface area contributed by atoms with E-state index in [4.69, 9.17) is 10.5 Å². The highest BCUT2D eigenvalue weighted by atomic mass is 32.1. The minimum Gasteiger partial charge on any atom is -0.492 e. The zero-order valence-electron chi connectivity index (χ0n) is 10.7. The summed E-state index contributed by atoms with van der Waals surface area (Å²) in [5.74, 6) is 1.63. The quantitative estimate of drug-likeness (QED) is 0.754. The first-order valence-corrected chi connectivity index (χ1v) is 7.13. The first kappa shape index (κ1) is 12.8. The highest BCUT2D eigenvalue weighted by Gasteiger charge is 2.05. The number of thiophene rings is 1. The molecule has 0 aliphatic carbocycles. The Hall–Kier alpha value is -2.18. The lowest BCUT2D eigenvalue weighted by molar-refractivity contribution is 0.328. The molecule has 2 heterocycles. The number of anilines is 2. The second-order valence-corrected chi connectivity index (χ2v) is 5.06. The number of aromatic nitrogens is 2. The SMILES string of the molecule is NCCOc1ccc(Nc2ncnc3ccsc23)cc1. The van der Waals surface area contributed by atoms with Crippen LogP contribution in [0.15, 0.2) is 42.0 Å². The number of hydrogen-bond acceptors (Lipinski definition) is 6. The molecule has 3 N–H and O–H groups in total. The number of rotatable bonds is 5. The lowest BCUT2D eigenvalue weighted by atomic mass is 10.3. The first-order valence-electron chi connectivity index (χ1n) is 6.25. The Morgan fingerprint density at radius 3 is 2.80 bits per heavy atom. The molecule has 0 radical (unpaired) electrons. The van der Waals surface area contributed by atoms with Crippen molar-refractivity contribution in [3.05, 3.63) is 42.0 Å². The molecule has 102 valence electrons. The van der Waals surface area contributed by atoms with E-state index in [1.807, 2.05) is 35.7 Å². The van der Waals surface area contributed by atoms with Crippen molar-refractivity contribution < 1.29 is 4.74 Å². The predicted octanol–water partition coefficient (Wildman–Crippen LogP) is 2.77. The summed E-state index contributed by atoms with van der Waals surface area (Å²) < 4.78 is 6.49. The number of fused-ring (bicyclic) bond motifs is 1. The summed E-state index contributed by atoms with van der Waals surface area (Å²) in [6.07, 6.45) is 1.57. The minimum atomic E-state index is 0.511. The third-order valence-electron chi connectivity index (χ3n) is 2.75. The maximum Gasteiger partial charge on any atom is 0.151 e. The van der Waals surface area contributed by atoms with Gasteiger partial charge in [0.2, 0.25) is 0 Å². The zero-order chi connectivity index (χ0) is 13.8. The number of nitrogens with two attached hydrogens (primary N) is 1. The van der Waals surface area contributed by atoms with Crippen LogP contribution in [0.25, 0.3) is 10.2 Å². The summed E-state index contributed by atoms with van der Waals surface area (Å²) >= 11 is 1.62. The van der Waals surface area contributed by atoms with Gasteiger partial charge in [0.05, 0.1) is 10.2 Å². The average Bonchev–Trinajstić information content (AvgIpc) is 2.96. The molecule has 0 amide bonds. The van der Waals surface area contributed by atoms with Crippen molar-refractivity contribution in [2.24, 2.45) is 5.73 Å². The Morgan fingerprint density at radius 1 is 1.15 bits per heavy atom. The molecule has 0 aliphatic heterocycles. The van der Waals surface area contributed by atoms with E-state index in [2.05, 4.69) is 15.3 Å². The molecule has 2 aromatic heterocycles. The topological polar surface area (TPSA) is 73.1 Å². The zero-order valence-corrected chi connectivity index (χ0v) is 11.6. The Bertz CT molecular complexity index is 696. The van der Waals surface area contributed by atoms with Gasteiger partial charge in [-0.1, -0.05) is 0 Å². The van der Waals surface area contributed by atoms with E-state index in [0.717, 1.165) is 27.5 Å². The lowest BCUT2D eigenvalue weighted by Gasteiger charge is -2.08. The van der Waals surface area contributed by atoms with Gasteiger partial charge in [-0.05, 0) is 35.7 Å². The van der Waals surface area contributed by atoms with E-state index in [9.17, 15) is 0 Å². The number of ether oxygens (including phenoxy) is 1. The van der Waals surface area contributed by atoms with Crippen LogP contribution in [-0.2, 0) is 0 Å². The minimum absolute atomic E-state index is 0.511. The molecule has 5 nitrogen and oxygen atoms in total. The Morgan fingerprint density at radius 2 is 2.00 bits per heavy atom. The van der Waals surface area contributed by atoms with Crippen molar-refractivity contribution in [2.75, 3.05) is 18.5 Å². The van der Waals surface area contributed by atoms with Crippen LogP contribution in [0, 0.1) is 0 Å². The van der Waals surface area contributed by atoms with Crippen molar-refractivity contribution in [2.45, 2.75) is 0 Å². The standard InChI is InChI=1S/C14H14N4OS/c15-6-7-19-11-3-1-10(2-4-11)18-14-13-12(5-8-20-13)16-9-17-14/h1-5,8-9H,6-7,15H2,(H,16,17,18). The third-order valence-corrected chi connectivity index (χ3v) is 3.66. The molecular formula is C14H14N4OS. The van der Waals surface area contributed by atoms with Gasteiger partial charge in [0, 0.05) is 12.2 Å². The summed E-state index contributed by atoms with van der Waals surface area (Å²) in [6.45, 7) is 1.03. The highest BCUT2D eigenvalue weighted by molar-refractivity contribution is 7.17. The fraction of sp³-hybridized carbons (Fsp3) is 0.143. The molecule has 3 rings (SSSR count). The van der Waals surface area contributed by atoms with Gasteiger partial charge in [-0.25, -0.2) is 9.97 Å². The van der Waals surface area contributed by atoms with Crippen LogP contribution in [0.2, 0.25) is 0 Å². The van der Waals surface area contributed by atoms with Gasteiger partial charge in [0.15, 0.2) is 5.82 Å². The van der Waals surface area contributed by atoms with Gasteiger partial charge < -0.3 is 15.8 Å². The van der Waals surface area contributed by atoms with Gasteiger partial charge in [-0.15, -0.1) is 11.3 Å². The molecule has 0 spiro atoms. The molecule has 3 aromatic rings. The summed E-state index contributed by atoms with van der Waals surface area (Å²) in [6, 6.07) is 9.70. The maximum absolute atomic E-state index is 5.44. The third kappa shape index (κ3) is 2.71. The van der Waals surface area contributed by atoms with Gasteiger partial charge in [0.25, 0.3) is 0 Å². The number of hydrogen-bond donors (Lipinski definition) is 2. The molecule has 0 atom stereocenters.